The molecule has 1 aliphatic heterocycles. The van der Waals surface area contributed by atoms with Gasteiger partial charge in [0.1, 0.15) is 5.02 Å². The molecule has 2 heterocycles. The van der Waals surface area contributed by atoms with Gasteiger partial charge in [0.15, 0.2) is 0 Å². The van der Waals surface area contributed by atoms with E-state index in [0.29, 0.717) is 34.4 Å². The molecule has 1 amide bonds. The number of likely N-dealkylation sites (tertiary alicyclic amines) is 1. The van der Waals surface area contributed by atoms with Crippen molar-refractivity contribution in [1.82, 2.24) is 10.2 Å². The summed E-state index contributed by atoms with van der Waals surface area (Å²) in [6.07, 6.45) is 0.614. The van der Waals surface area contributed by atoms with Crippen LogP contribution in [0.5, 0.6) is 5.06 Å². The quantitative estimate of drug-likeness (QED) is 0.390. The number of ether oxygens (including phenoxy) is 1. The van der Waals surface area contributed by atoms with E-state index >= 15 is 0 Å². The number of carbonyl (C=O) groups is 1. The maximum absolute atomic E-state index is 12.2. The molecule has 2 fully saturated rings. The number of fused-ring (bicyclic) bond motifs is 2. The molecular weight excluding hydrogens is 450 g/mol. The maximum atomic E-state index is 12.2. The Hall–Kier alpha value is -2.68. The number of non-ortho nitro benzene ring substituents is 1. The number of hydrogen-bond acceptors (Lipinski definition) is 6. The summed E-state index contributed by atoms with van der Waals surface area (Å²) in [7, 11) is 0. The van der Waals surface area contributed by atoms with Crippen LogP contribution in [0.3, 0.4) is 0 Å². The predicted octanol–water partition coefficient (Wildman–Crippen LogP) is 5.29. The first-order chi connectivity index (χ1) is 15.5. The van der Waals surface area contributed by atoms with Gasteiger partial charge in [-0.2, -0.15) is 0 Å². The number of nitrogens with one attached hydrogen (secondary N) is 1. The van der Waals surface area contributed by atoms with Crippen molar-refractivity contribution in [3.05, 3.63) is 69.2 Å². The van der Waals surface area contributed by atoms with E-state index in [4.69, 9.17) is 16.3 Å². The Kier molecular flexibility index (Phi) is 5.75. The largest absolute Gasteiger partial charge is 0.413 e. The highest BCUT2D eigenvalue weighted by molar-refractivity contribution is 7.21. The molecule has 3 unspecified atom stereocenters. The minimum Gasteiger partial charge on any atom is -0.398 e. The number of nitrogens with zero attached hydrogens (tertiary/aromatic N) is 2. The minimum atomic E-state index is -0.496. The molecule has 7 nitrogen and oxygen atoms in total. The van der Waals surface area contributed by atoms with Crippen molar-refractivity contribution < 1.29 is 14.5 Å². The zero-order valence-electron chi connectivity index (χ0n) is 17.2. The van der Waals surface area contributed by atoms with E-state index in [0.717, 1.165) is 36.1 Å². The number of nitro benzene ring substituents is 1. The van der Waals surface area contributed by atoms with Crippen LogP contribution in [0.1, 0.15) is 17.9 Å². The minimum absolute atomic E-state index is 0.132. The predicted molar refractivity (Wildman–Crippen MR) is 125 cm³/mol. The fourth-order valence-electron chi connectivity index (χ4n) is 4.90. The molecule has 3 atom stereocenters. The number of benzene rings is 2. The normalized spacial score (nSPS) is 22.3. The highest BCUT2D eigenvalue weighted by Gasteiger charge is 2.47. The smallest absolute Gasteiger partial charge is 0.398 e. The molecule has 2 aliphatic rings. The summed E-state index contributed by atoms with van der Waals surface area (Å²) in [5, 5.41) is 15.4. The Labute approximate surface area is 194 Å². The zero-order chi connectivity index (χ0) is 22.2. The van der Waals surface area contributed by atoms with Gasteiger partial charge >= 0.3 is 6.09 Å². The molecule has 1 saturated carbocycles. The van der Waals surface area contributed by atoms with Crippen LogP contribution >= 0.6 is 22.9 Å². The van der Waals surface area contributed by atoms with Crippen molar-refractivity contribution in [2.75, 3.05) is 26.2 Å². The van der Waals surface area contributed by atoms with E-state index in [-0.39, 0.29) is 10.6 Å². The van der Waals surface area contributed by atoms with E-state index in [1.165, 1.54) is 16.9 Å². The zero-order valence-corrected chi connectivity index (χ0v) is 18.8. The van der Waals surface area contributed by atoms with Crippen LogP contribution in [0.15, 0.2) is 48.5 Å². The Bertz CT molecular complexity index is 1170. The molecule has 1 aromatic heterocycles. The average Bonchev–Trinajstić information content (AvgIpc) is 3.26. The van der Waals surface area contributed by atoms with E-state index in [1.807, 2.05) is 36.4 Å². The Morgan fingerprint density at radius 3 is 2.75 bits per heavy atom. The van der Waals surface area contributed by atoms with Gasteiger partial charge in [0.25, 0.3) is 5.69 Å². The van der Waals surface area contributed by atoms with Crippen molar-refractivity contribution in [1.29, 1.82) is 0 Å². The number of halogens is 1. The summed E-state index contributed by atoms with van der Waals surface area (Å²) in [5.41, 5.74) is 1.31. The summed E-state index contributed by atoms with van der Waals surface area (Å²) in [5.74, 6) is 1.68. The lowest BCUT2D eigenvalue weighted by atomic mass is 9.64. The molecule has 32 heavy (non-hydrogen) atoms. The molecule has 1 aliphatic carbocycles. The van der Waals surface area contributed by atoms with Gasteiger partial charge in [-0.3, -0.25) is 10.1 Å². The molecule has 0 spiro atoms. The SMILES string of the molecule is O=C(NCCN1CC2CC(c3ccc([N+](=O)[O-])cc3)C2C1)Oc1sc2ccccc2c1Cl. The first kappa shape index (κ1) is 21.2. The van der Waals surface area contributed by atoms with Crippen molar-refractivity contribution in [2.45, 2.75) is 12.3 Å². The van der Waals surface area contributed by atoms with Crippen molar-refractivity contribution in [3.63, 3.8) is 0 Å². The van der Waals surface area contributed by atoms with Gasteiger partial charge in [0.05, 0.1) is 4.92 Å². The van der Waals surface area contributed by atoms with Gasteiger partial charge in [-0.05, 0) is 35.8 Å². The molecular formula is C23H22ClN3O4S. The molecule has 1 N–H and O–H groups in total. The lowest BCUT2D eigenvalue weighted by Gasteiger charge is -2.40. The summed E-state index contributed by atoms with van der Waals surface area (Å²) >= 11 is 7.69. The fraction of sp³-hybridized carbons (Fsp3) is 0.348. The summed E-state index contributed by atoms with van der Waals surface area (Å²) < 4.78 is 6.40. The summed E-state index contributed by atoms with van der Waals surface area (Å²) in [6, 6.07) is 14.6. The lowest BCUT2D eigenvalue weighted by molar-refractivity contribution is -0.384. The van der Waals surface area contributed by atoms with E-state index < -0.39 is 6.09 Å². The van der Waals surface area contributed by atoms with Crippen molar-refractivity contribution >= 4 is 44.8 Å². The van der Waals surface area contributed by atoms with Crippen LogP contribution in [0.25, 0.3) is 10.1 Å². The van der Waals surface area contributed by atoms with Crippen LogP contribution in [0, 0.1) is 22.0 Å². The highest BCUT2D eigenvalue weighted by atomic mass is 35.5. The molecule has 0 radical (unpaired) electrons. The topological polar surface area (TPSA) is 84.7 Å². The van der Waals surface area contributed by atoms with E-state index in [9.17, 15) is 14.9 Å². The number of hydrogen-bond donors (Lipinski definition) is 1. The lowest BCUT2D eigenvalue weighted by Crippen LogP contribution is -2.35. The number of carbonyl (C=O) groups excluding carboxylic acids is 1. The third-order valence-corrected chi connectivity index (χ3v) is 8.10. The Balaban J connectivity index is 1.09. The molecule has 5 rings (SSSR count). The van der Waals surface area contributed by atoms with Gasteiger partial charge in [-0.15, -0.1) is 0 Å². The number of thiophene rings is 1. The van der Waals surface area contributed by atoms with Gasteiger partial charge in [-0.25, -0.2) is 4.79 Å². The van der Waals surface area contributed by atoms with Crippen LogP contribution < -0.4 is 10.1 Å². The molecule has 1 saturated heterocycles. The van der Waals surface area contributed by atoms with Gasteiger partial charge in [0, 0.05) is 48.4 Å². The molecule has 9 heteroatoms. The second-order valence-corrected chi connectivity index (χ2v) is 9.78. The van der Waals surface area contributed by atoms with Gasteiger partial charge in [-0.1, -0.05) is 53.3 Å². The monoisotopic (exact) mass is 471 g/mol. The van der Waals surface area contributed by atoms with Crippen LogP contribution in [0.2, 0.25) is 5.02 Å². The van der Waals surface area contributed by atoms with Crippen LogP contribution in [0.4, 0.5) is 10.5 Å². The number of rotatable bonds is 6. The van der Waals surface area contributed by atoms with E-state index in [2.05, 4.69) is 10.2 Å². The van der Waals surface area contributed by atoms with E-state index in [1.54, 1.807) is 12.1 Å². The first-order valence-electron chi connectivity index (χ1n) is 10.6. The maximum Gasteiger partial charge on any atom is 0.413 e. The second-order valence-electron chi connectivity index (χ2n) is 8.39. The first-order valence-corrected chi connectivity index (χ1v) is 11.8. The third-order valence-electron chi connectivity index (χ3n) is 6.56. The number of nitro groups is 1. The Morgan fingerprint density at radius 2 is 2.00 bits per heavy atom. The standard InChI is InChI=1S/C23H22ClN3O4S/c24-21-17-3-1-2-4-20(17)32-22(21)31-23(28)25-9-10-26-12-15-11-18(19(15)13-26)14-5-7-16(8-6-14)27(29)30/h1-8,15,18-19H,9-13H2,(H,25,28). The average molecular weight is 472 g/mol. The molecule has 3 aromatic rings. The molecule has 166 valence electrons. The van der Waals surface area contributed by atoms with Gasteiger partial charge < -0.3 is 15.0 Å². The van der Waals surface area contributed by atoms with Crippen molar-refractivity contribution in [2.24, 2.45) is 11.8 Å². The second kappa shape index (κ2) is 8.69. The van der Waals surface area contributed by atoms with Crippen molar-refractivity contribution in [3.8, 4) is 5.06 Å². The summed E-state index contributed by atoms with van der Waals surface area (Å²) in [4.78, 5) is 25.1. The van der Waals surface area contributed by atoms with Crippen LogP contribution in [-0.2, 0) is 0 Å². The Morgan fingerprint density at radius 1 is 1.22 bits per heavy atom. The fourth-order valence-corrected chi connectivity index (χ4v) is 6.22. The molecule has 0 bridgehead atoms. The molecule has 2 aromatic carbocycles. The third kappa shape index (κ3) is 4.05. The number of amides is 1. The van der Waals surface area contributed by atoms with Gasteiger partial charge in [0.2, 0.25) is 5.06 Å². The summed E-state index contributed by atoms with van der Waals surface area (Å²) in [6.45, 7) is 3.26. The van der Waals surface area contributed by atoms with Crippen LogP contribution in [-0.4, -0.2) is 42.1 Å². The highest BCUT2D eigenvalue weighted by Crippen LogP contribution is 2.51.